The predicted octanol–water partition coefficient (Wildman–Crippen LogP) is 3.03. The van der Waals surface area contributed by atoms with E-state index in [-0.39, 0.29) is 18.9 Å². The molecular weight excluding hydrogens is 306 g/mol. The minimum Gasteiger partial charge on any atom is -0.479 e. The average molecular weight is 326 g/mol. The van der Waals surface area contributed by atoms with E-state index in [1.165, 1.54) is 0 Å². The van der Waals surface area contributed by atoms with Gasteiger partial charge in [0.1, 0.15) is 5.54 Å². The van der Waals surface area contributed by atoms with Crippen LogP contribution in [0.25, 0.3) is 0 Å². The third-order valence-electron chi connectivity index (χ3n) is 3.81. The second kappa shape index (κ2) is 6.57. The number of hydrogen-bond donors (Lipinski definition) is 2. The Bertz CT molecular complexity index is 588. The van der Waals surface area contributed by atoms with Crippen LogP contribution < -0.4 is 5.32 Å². The van der Waals surface area contributed by atoms with E-state index in [0.29, 0.717) is 17.9 Å². The molecule has 2 N–H and O–H groups in total. The Kier molecular flexibility index (Phi) is 4.96. The van der Waals surface area contributed by atoms with Gasteiger partial charge in [0.05, 0.1) is 6.61 Å². The van der Waals surface area contributed by atoms with Gasteiger partial charge in [-0.25, -0.2) is 9.59 Å². The zero-order valence-electron chi connectivity index (χ0n) is 12.7. The van der Waals surface area contributed by atoms with E-state index < -0.39 is 17.6 Å². The molecular formula is C16H20ClNO4. The SMILES string of the molecule is CC(C)COC(=O)NC1(C(=O)O)CCc2cccc(Cl)c2C1. The summed E-state index contributed by atoms with van der Waals surface area (Å²) in [6.45, 7) is 4.08. The fourth-order valence-electron chi connectivity index (χ4n) is 2.59. The maximum atomic E-state index is 11.9. The van der Waals surface area contributed by atoms with Crippen molar-refractivity contribution < 1.29 is 19.4 Å². The fourth-order valence-corrected chi connectivity index (χ4v) is 2.85. The van der Waals surface area contributed by atoms with E-state index >= 15 is 0 Å². The number of rotatable bonds is 4. The van der Waals surface area contributed by atoms with Crippen LogP contribution in [0.2, 0.25) is 5.02 Å². The van der Waals surface area contributed by atoms with Crippen molar-refractivity contribution in [2.45, 2.75) is 38.6 Å². The molecule has 1 aromatic carbocycles. The molecule has 1 aliphatic rings. The standard InChI is InChI=1S/C16H20ClNO4/c1-10(2)9-22-15(21)18-16(14(19)20)7-6-11-4-3-5-13(17)12(11)8-16/h3-5,10H,6-9H2,1-2H3,(H,18,21)(H,19,20). The minimum absolute atomic E-state index is 0.161. The second-order valence-corrected chi connectivity index (χ2v) is 6.47. The first kappa shape index (κ1) is 16.6. The molecule has 2 rings (SSSR count). The maximum Gasteiger partial charge on any atom is 0.408 e. The number of carbonyl (C=O) groups excluding carboxylic acids is 1. The first-order valence-corrected chi connectivity index (χ1v) is 7.66. The Morgan fingerprint density at radius 3 is 2.82 bits per heavy atom. The first-order valence-electron chi connectivity index (χ1n) is 7.28. The van der Waals surface area contributed by atoms with E-state index in [4.69, 9.17) is 16.3 Å². The van der Waals surface area contributed by atoms with E-state index in [1.54, 1.807) is 6.07 Å². The normalized spacial score (nSPS) is 20.4. The smallest absolute Gasteiger partial charge is 0.408 e. The van der Waals surface area contributed by atoms with Crippen molar-refractivity contribution in [3.8, 4) is 0 Å². The number of ether oxygens (including phenoxy) is 1. The highest BCUT2D eigenvalue weighted by atomic mass is 35.5. The summed E-state index contributed by atoms with van der Waals surface area (Å²) in [7, 11) is 0. The molecule has 22 heavy (non-hydrogen) atoms. The molecule has 5 nitrogen and oxygen atoms in total. The number of aryl methyl sites for hydroxylation is 1. The summed E-state index contributed by atoms with van der Waals surface area (Å²) in [5, 5.41) is 12.7. The Morgan fingerprint density at radius 1 is 1.45 bits per heavy atom. The average Bonchev–Trinajstić information content (AvgIpc) is 2.46. The molecule has 1 amide bonds. The van der Waals surface area contributed by atoms with Crippen molar-refractivity contribution in [1.29, 1.82) is 0 Å². The number of fused-ring (bicyclic) bond motifs is 1. The van der Waals surface area contributed by atoms with Crippen LogP contribution in [-0.4, -0.2) is 29.3 Å². The summed E-state index contributed by atoms with van der Waals surface area (Å²) in [5.74, 6) is -0.882. The Labute approximate surface area is 134 Å². The predicted molar refractivity (Wildman–Crippen MR) is 83.2 cm³/mol. The van der Waals surface area contributed by atoms with Gasteiger partial charge in [0.15, 0.2) is 0 Å². The number of halogens is 1. The van der Waals surface area contributed by atoms with Gasteiger partial charge in [0.2, 0.25) is 0 Å². The molecule has 0 heterocycles. The van der Waals surface area contributed by atoms with Crippen LogP contribution in [0.15, 0.2) is 18.2 Å². The molecule has 1 atom stereocenters. The highest BCUT2D eigenvalue weighted by Gasteiger charge is 2.44. The number of hydrogen-bond acceptors (Lipinski definition) is 3. The summed E-state index contributed by atoms with van der Waals surface area (Å²) in [6, 6.07) is 5.51. The first-order chi connectivity index (χ1) is 10.3. The molecule has 0 saturated heterocycles. The number of carbonyl (C=O) groups is 2. The number of aliphatic carboxylic acids is 1. The number of nitrogens with one attached hydrogen (secondary N) is 1. The van der Waals surface area contributed by atoms with Gasteiger partial charge in [-0.15, -0.1) is 0 Å². The molecule has 0 fully saturated rings. The topological polar surface area (TPSA) is 75.6 Å². The van der Waals surface area contributed by atoms with Gasteiger partial charge >= 0.3 is 12.1 Å². The van der Waals surface area contributed by atoms with Crippen molar-refractivity contribution in [3.63, 3.8) is 0 Å². The molecule has 0 spiro atoms. The van der Waals surface area contributed by atoms with Gasteiger partial charge in [-0.3, -0.25) is 0 Å². The second-order valence-electron chi connectivity index (χ2n) is 6.06. The molecule has 1 unspecified atom stereocenters. The van der Waals surface area contributed by atoms with Crippen molar-refractivity contribution in [3.05, 3.63) is 34.3 Å². The molecule has 0 aliphatic heterocycles. The van der Waals surface area contributed by atoms with Crippen LogP contribution >= 0.6 is 11.6 Å². The van der Waals surface area contributed by atoms with Crippen LogP contribution in [0, 0.1) is 5.92 Å². The van der Waals surface area contributed by atoms with Crippen molar-refractivity contribution in [1.82, 2.24) is 5.32 Å². The van der Waals surface area contributed by atoms with E-state index in [2.05, 4.69) is 5.32 Å². The molecule has 6 heteroatoms. The highest BCUT2D eigenvalue weighted by Crippen LogP contribution is 2.33. The maximum absolute atomic E-state index is 11.9. The quantitative estimate of drug-likeness (QED) is 0.892. The molecule has 1 aliphatic carbocycles. The van der Waals surface area contributed by atoms with Crippen LogP contribution in [-0.2, 0) is 22.4 Å². The molecule has 0 saturated carbocycles. The summed E-state index contributed by atoms with van der Waals surface area (Å²) >= 11 is 6.18. The summed E-state index contributed by atoms with van der Waals surface area (Å²) in [5.41, 5.74) is 0.440. The van der Waals surface area contributed by atoms with Gasteiger partial charge in [-0.05, 0) is 36.0 Å². The van der Waals surface area contributed by atoms with Crippen molar-refractivity contribution >= 4 is 23.7 Å². The van der Waals surface area contributed by atoms with Crippen molar-refractivity contribution in [2.75, 3.05) is 6.61 Å². The van der Waals surface area contributed by atoms with Gasteiger partial charge in [-0.1, -0.05) is 37.6 Å². The van der Waals surface area contributed by atoms with Gasteiger partial charge in [-0.2, -0.15) is 0 Å². The van der Waals surface area contributed by atoms with Gasteiger partial charge < -0.3 is 15.2 Å². The lowest BCUT2D eigenvalue weighted by atomic mass is 9.78. The third kappa shape index (κ3) is 3.53. The van der Waals surface area contributed by atoms with Crippen LogP contribution in [0.5, 0.6) is 0 Å². The van der Waals surface area contributed by atoms with Crippen LogP contribution in [0.4, 0.5) is 4.79 Å². The molecule has 120 valence electrons. The number of carboxylic acid groups (broad SMARTS) is 1. The van der Waals surface area contributed by atoms with Crippen LogP contribution in [0.1, 0.15) is 31.4 Å². The largest absolute Gasteiger partial charge is 0.479 e. The Morgan fingerprint density at radius 2 is 2.18 bits per heavy atom. The third-order valence-corrected chi connectivity index (χ3v) is 4.17. The summed E-state index contributed by atoms with van der Waals surface area (Å²) < 4.78 is 5.05. The zero-order chi connectivity index (χ0) is 16.3. The molecule has 0 radical (unpaired) electrons. The molecule has 0 aromatic heterocycles. The van der Waals surface area contributed by atoms with Crippen molar-refractivity contribution in [2.24, 2.45) is 5.92 Å². The van der Waals surface area contributed by atoms with Gasteiger partial charge in [0.25, 0.3) is 0 Å². The fraction of sp³-hybridized carbons (Fsp3) is 0.500. The summed E-state index contributed by atoms with van der Waals surface area (Å²) in [6.07, 6.45) is 0.319. The number of alkyl carbamates (subject to hydrolysis) is 1. The molecule has 0 bridgehead atoms. The van der Waals surface area contributed by atoms with Gasteiger partial charge in [0, 0.05) is 11.4 Å². The van der Waals surface area contributed by atoms with E-state index in [9.17, 15) is 14.7 Å². The Hall–Kier alpha value is -1.75. The minimum atomic E-state index is -1.37. The monoisotopic (exact) mass is 325 g/mol. The Balaban J connectivity index is 2.19. The van der Waals surface area contributed by atoms with Crippen LogP contribution in [0.3, 0.4) is 0 Å². The lowest BCUT2D eigenvalue weighted by molar-refractivity contribution is -0.145. The number of carboxylic acids is 1. The number of amides is 1. The molecule has 1 aromatic rings. The zero-order valence-corrected chi connectivity index (χ0v) is 13.4. The lowest BCUT2D eigenvalue weighted by Crippen LogP contribution is -2.58. The number of benzene rings is 1. The summed E-state index contributed by atoms with van der Waals surface area (Å²) in [4.78, 5) is 23.7. The van der Waals surface area contributed by atoms with E-state index in [0.717, 1.165) is 11.1 Å². The highest BCUT2D eigenvalue weighted by molar-refractivity contribution is 6.31. The lowest BCUT2D eigenvalue weighted by Gasteiger charge is -2.35. The van der Waals surface area contributed by atoms with E-state index in [1.807, 2.05) is 26.0 Å².